The Hall–Kier alpha value is -3.90. The van der Waals surface area contributed by atoms with Crippen LogP contribution in [0.2, 0.25) is 0 Å². The van der Waals surface area contributed by atoms with E-state index in [4.69, 9.17) is 5.73 Å². The predicted molar refractivity (Wildman–Crippen MR) is 128 cm³/mol. The molecule has 4 N–H and O–H groups in total. The third kappa shape index (κ3) is 4.49. The summed E-state index contributed by atoms with van der Waals surface area (Å²) in [6.45, 7) is 0. The molecule has 0 aliphatic carbocycles. The molecule has 1 heterocycles. The maximum Gasteiger partial charge on any atom is 0.323 e. The Balaban J connectivity index is 1.47. The molecule has 4 aromatic rings. The lowest BCUT2D eigenvalue weighted by Crippen LogP contribution is -2.23. The first kappa shape index (κ1) is 20.4. The minimum Gasteiger partial charge on any atom is -0.351 e. The second-order valence-corrected chi connectivity index (χ2v) is 7.36. The molecule has 31 heavy (non-hydrogen) atoms. The minimum atomic E-state index is -0.405. The number of carbonyl (C=O) groups excluding carboxylic acids is 1. The summed E-state index contributed by atoms with van der Waals surface area (Å²) in [5.41, 5.74) is 11.6. The number of nitrogens with two attached hydrogens (primary N) is 1. The number of aliphatic imine (C=N–C) groups is 1. The number of fused-ring (bicyclic) bond motifs is 1. The number of hydrogen-bond donors (Lipinski definition) is 3. The van der Waals surface area contributed by atoms with Gasteiger partial charge in [-0.3, -0.25) is 4.99 Å². The summed E-state index contributed by atoms with van der Waals surface area (Å²) in [6, 6.07) is 24.5. The molecule has 0 radical (unpaired) electrons. The fourth-order valence-electron chi connectivity index (χ4n) is 3.68. The first-order valence-corrected chi connectivity index (χ1v) is 10.1. The summed E-state index contributed by atoms with van der Waals surface area (Å²) in [4.78, 5) is 16.9. The molecule has 3 aromatic carbocycles. The molecular weight excluding hydrogens is 386 g/mol. The number of hydrogen-bond acceptors (Lipinski definition) is 3. The van der Waals surface area contributed by atoms with E-state index in [-0.39, 0.29) is 6.03 Å². The number of urea groups is 1. The van der Waals surface area contributed by atoms with Gasteiger partial charge in [0.15, 0.2) is 0 Å². The van der Waals surface area contributed by atoms with Crippen molar-refractivity contribution in [1.82, 2.24) is 4.57 Å². The van der Waals surface area contributed by atoms with Crippen LogP contribution in [0.15, 0.2) is 90.1 Å². The molecule has 1 aromatic heterocycles. The van der Waals surface area contributed by atoms with E-state index in [2.05, 4.69) is 15.6 Å². The Bertz CT molecular complexity index is 1240. The highest BCUT2D eigenvalue weighted by atomic mass is 16.2. The van der Waals surface area contributed by atoms with Crippen LogP contribution >= 0.6 is 0 Å². The van der Waals surface area contributed by atoms with Gasteiger partial charge in [0.05, 0.1) is 11.8 Å². The van der Waals surface area contributed by atoms with Crippen LogP contribution in [0, 0.1) is 0 Å². The molecule has 4 rings (SSSR count). The van der Waals surface area contributed by atoms with Crippen molar-refractivity contribution in [3.63, 3.8) is 0 Å². The van der Waals surface area contributed by atoms with Crippen LogP contribution in [0.4, 0.5) is 16.2 Å². The third-order valence-corrected chi connectivity index (χ3v) is 5.25. The van der Waals surface area contributed by atoms with E-state index in [0.29, 0.717) is 5.69 Å². The van der Waals surface area contributed by atoms with Gasteiger partial charge in [0.25, 0.3) is 0 Å². The van der Waals surface area contributed by atoms with E-state index in [9.17, 15) is 4.79 Å². The summed E-state index contributed by atoms with van der Waals surface area (Å²) in [6.07, 6.45) is 1.99. The van der Waals surface area contributed by atoms with Crippen molar-refractivity contribution in [3.8, 4) is 0 Å². The van der Waals surface area contributed by atoms with E-state index in [1.807, 2.05) is 96.7 Å². The van der Waals surface area contributed by atoms with Crippen LogP contribution in [0.25, 0.3) is 10.9 Å². The summed E-state index contributed by atoms with van der Waals surface area (Å²) >= 11 is 0. The van der Waals surface area contributed by atoms with Crippen molar-refractivity contribution in [3.05, 3.63) is 96.2 Å². The average molecular weight is 412 g/mol. The van der Waals surface area contributed by atoms with Gasteiger partial charge < -0.3 is 20.9 Å². The normalized spacial score (nSPS) is 12.5. The second kappa shape index (κ2) is 8.85. The predicted octanol–water partition coefficient (Wildman–Crippen LogP) is 4.94. The van der Waals surface area contributed by atoms with E-state index >= 15 is 0 Å². The molecular formula is C25H25N5O. The summed E-state index contributed by atoms with van der Waals surface area (Å²) < 4.78 is 2.04. The summed E-state index contributed by atoms with van der Waals surface area (Å²) in [5.74, 6) is 0. The van der Waals surface area contributed by atoms with Gasteiger partial charge in [-0.15, -0.1) is 0 Å². The molecule has 0 aliphatic rings. The quantitative estimate of drug-likeness (QED) is 0.406. The number of aryl methyl sites for hydroxylation is 1. The monoisotopic (exact) mass is 411 g/mol. The Kier molecular flexibility index (Phi) is 5.82. The van der Waals surface area contributed by atoms with Crippen LogP contribution < -0.4 is 16.4 Å². The maximum atomic E-state index is 12.5. The smallest absolute Gasteiger partial charge is 0.323 e. The van der Waals surface area contributed by atoms with Gasteiger partial charge in [0.2, 0.25) is 0 Å². The van der Waals surface area contributed by atoms with Crippen LogP contribution in [0.1, 0.15) is 17.2 Å². The molecule has 1 unspecified atom stereocenters. The van der Waals surface area contributed by atoms with Crippen molar-refractivity contribution in [2.45, 2.75) is 6.04 Å². The van der Waals surface area contributed by atoms with E-state index in [1.54, 1.807) is 7.05 Å². The molecule has 6 heteroatoms. The van der Waals surface area contributed by atoms with Gasteiger partial charge in [0.1, 0.15) is 0 Å². The van der Waals surface area contributed by atoms with Gasteiger partial charge >= 0.3 is 6.03 Å². The van der Waals surface area contributed by atoms with Crippen molar-refractivity contribution in [1.29, 1.82) is 0 Å². The van der Waals surface area contributed by atoms with Crippen molar-refractivity contribution in [2.24, 2.45) is 17.8 Å². The largest absolute Gasteiger partial charge is 0.351 e. The molecule has 0 aliphatic heterocycles. The molecule has 6 nitrogen and oxygen atoms in total. The first-order chi connectivity index (χ1) is 15.0. The van der Waals surface area contributed by atoms with Crippen LogP contribution in [0.3, 0.4) is 0 Å². The minimum absolute atomic E-state index is 0.312. The molecule has 0 spiro atoms. The molecule has 1 atom stereocenters. The number of anilines is 2. The zero-order valence-corrected chi connectivity index (χ0v) is 17.5. The average Bonchev–Trinajstić information content (AvgIpc) is 3.15. The molecule has 2 amide bonds. The highest BCUT2D eigenvalue weighted by Crippen LogP contribution is 2.22. The SMILES string of the molecule is CN=C(c1ccccc1)C(N)c1cccc(NC(=O)Nc2ccc3c(ccn3C)c2)c1. The fourth-order valence-corrected chi connectivity index (χ4v) is 3.68. The molecule has 0 bridgehead atoms. The van der Waals surface area contributed by atoms with Crippen LogP contribution in [0.5, 0.6) is 0 Å². The molecule has 156 valence electrons. The lowest BCUT2D eigenvalue weighted by Gasteiger charge is -2.17. The van der Waals surface area contributed by atoms with Gasteiger partial charge in [-0.25, -0.2) is 4.79 Å². The zero-order chi connectivity index (χ0) is 21.8. The van der Waals surface area contributed by atoms with Gasteiger partial charge in [-0.2, -0.15) is 0 Å². The van der Waals surface area contributed by atoms with E-state index in [1.165, 1.54) is 0 Å². The fraction of sp³-hybridized carbons (Fsp3) is 0.120. The lowest BCUT2D eigenvalue weighted by molar-refractivity contribution is 0.262. The Morgan fingerprint density at radius 2 is 1.68 bits per heavy atom. The van der Waals surface area contributed by atoms with Crippen molar-refractivity contribution < 1.29 is 4.79 Å². The summed E-state index contributed by atoms with van der Waals surface area (Å²) in [5, 5.41) is 6.84. The second-order valence-electron chi connectivity index (χ2n) is 7.36. The van der Waals surface area contributed by atoms with Crippen LogP contribution in [-0.2, 0) is 7.05 Å². The molecule has 0 fully saturated rings. The molecule has 0 saturated heterocycles. The topological polar surface area (TPSA) is 84.4 Å². The number of benzene rings is 3. The molecule has 0 saturated carbocycles. The number of nitrogens with one attached hydrogen (secondary N) is 2. The Morgan fingerprint density at radius 1 is 0.935 bits per heavy atom. The lowest BCUT2D eigenvalue weighted by atomic mass is 9.97. The van der Waals surface area contributed by atoms with Crippen molar-refractivity contribution >= 4 is 34.0 Å². The van der Waals surface area contributed by atoms with Gasteiger partial charge in [-0.1, -0.05) is 42.5 Å². The van der Waals surface area contributed by atoms with E-state index < -0.39 is 6.04 Å². The van der Waals surface area contributed by atoms with Gasteiger partial charge in [-0.05, 0) is 47.5 Å². The Labute approximate surface area is 181 Å². The maximum absolute atomic E-state index is 12.5. The number of rotatable bonds is 5. The van der Waals surface area contributed by atoms with Crippen LogP contribution in [-0.4, -0.2) is 23.4 Å². The summed E-state index contributed by atoms with van der Waals surface area (Å²) in [7, 11) is 3.73. The van der Waals surface area contributed by atoms with E-state index in [0.717, 1.165) is 33.4 Å². The number of aromatic nitrogens is 1. The third-order valence-electron chi connectivity index (χ3n) is 5.25. The first-order valence-electron chi connectivity index (χ1n) is 10.1. The number of nitrogens with zero attached hydrogens (tertiary/aromatic N) is 2. The van der Waals surface area contributed by atoms with Crippen molar-refractivity contribution in [2.75, 3.05) is 17.7 Å². The zero-order valence-electron chi connectivity index (χ0n) is 17.5. The highest BCUT2D eigenvalue weighted by Gasteiger charge is 2.16. The van der Waals surface area contributed by atoms with Gasteiger partial charge in [0, 0.05) is 42.6 Å². The standard InChI is InChI=1S/C25H25N5O/c1-27-24(17-7-4-3-5-8-17)23(26)19-9-6-10-20(16-19)28-25(31)29-21-11-12-22-18(15-21)13-14-30(22)2/h3-16,23H,26H2,1-2H3,(H2,28,29,31). The Morgan fingerprint density at radius 3 is 2.42 bits per heavy atom. The number of carbonyl (C=O) groups is 1. The highest BCUT2D eigenvalue weighted by molar-refractivity contribution is 6.05. The number of amides is 2.